The summed E-state index contributed by atoms with van der Waals surface area (Å²) in [6.45, 7) is 7.33. The van der Waals surface area contributed by atoms with Gasteiger partial charge in [0.2, 0.25) is 0 Å². The molecular weight excluding hydrogens is 270 g/mol. The van der Waals surface area contributed by atoms with Crippen LogP contribution in [0.1, 0.15) is 33.3 Å². The molecule has 0 radical (unpaired) electrons. The molecule has 0 aliphatic carbocycles. The summed E-state index contributed by atoms with van der Waals surface area (Å²) in [5, 5.41) is 10.2. The van der Waals surface area contributed by atoms with Gasteiger partial charge in [0.25, 0.3) is 0 Å². The Labute approximate surface area is 117 Å². The van der Waals surface area contributed by atoms with Crippen LogP contribution in [0.15, 0.2) is 24.3 Å². The standard InChI is InChI=1S/C13H20ClNO2S/c1-12(2,3)18(17)15-13(4,9-16)10-5-7-11(14)8-6-10/h5-8,15-16H,9H2,1-4H3/t13?,18-/m0/s1. The maximum atomic E-state index is 12.1. The average molecular weight is 290 g/mol. The van der Waals surface area contributed by atoms with Crippen LogP contribution in [0.5, 0.6) is 0 Å². The Hall–Kier alpha value is -0.260. The summed E-state index contributed by atoms with van der Waals surface area (Å²) < 4.78 is 14.8. The van der Waals surface area contributed by atoms with E-state index in [1.165, 1.54) is 0 Å². The van der Waals surface area contributed by atoms with Gasteiger partial charge in [-0.25, -0.2) is 0 Å². The first kappa shape index (κ1) is 15.8. The van der Waals surface area contributed by atoms with E-state index in [1.807, 2.05) is 39.8 Å². The third-order valence-electron chi connectivity index (χ3n) is 2.67. The third kappa shape index (κ3) is 3.87. The Morgan fingerprint density at radius 2 is 1.72 bits per heavy atom. The molecule has 0 saturated carbocycles. The summed E-state index contributed by atoms with van der Waals surface area (Å²) in [6, 6.07) is 7.16. The smallest absolute Gasteiger partial charge is 0.136 e. The van der Waals surface area contributed by atoms with Gasteiger partial charge in [0.15, 0.2) is 0 Å². The SMILES string of the molecule is CC(CO)(N[S@@+]([O-])C(C)(C)C)c1ccc(Cl)cc1. The van der Waals surface area contributed by atoms with Crippen LogP contribution in [-0.4, -0.2) is 21.0 Å². The van der Waals surface area contributed by atoms with Crippen LogP contribution in [0, 0.1) is 0 Å². The monoisotopic (exact) mass is 289 g/mol. The molecule has 0 bridgehead atoms. The fourth-order valence-electron chi connectivity index (χ4n) is 1.36. The van der Waals surface area contributed by atoms with Crippen LogP contribution in [0.25, 0.3) is 0 Å². The maximum absolute atomic E-state index is 12.1. The van der Waals surface area contributed by atoms with Gasteiger partial charge in [-0.2, -0.15) is 0 Å². The number of halogens is 1. The Morgan fingerprint density at radius 3 is 2.11 bits per heavy atom. The molecule has 0 saturated heterocycles. The summed E-state index contributed by atoms with van der Waals surface area (Å²) in [6.07, 6.45) is 0. The Morgan fingerprint density at radius 1 is 1.22 bits per heavy atom. The number of aliphatic hydroxyl groups excluding tert-OH is 1. The molecule has 1 rings (SSSR count). The molecule has 3 nitrogen and oxygen atoms in total. The Kier molecular flexibility index (Phi) is 5.09. The normalized spacial score (nSPS) is 17.3. The Bertz CT molecular complexity index is 391. The molecule has 2 atom stereocenters. The summed E-state index contributed by atoms with van der Waals surface area (Å²) in [4.78, 5) is 0. The zero-order chi connectivity index (χ0) is 14.0. The molecule has 1 unspecified atom stereocenters. The second-order valence-electron chi connectivity index (χ2n) is 5.48. The van der Waals surface area contributed by atoms with E-state index >= 15 is 0 Å². The van der Waals surface area contributed by atoms with Gasteiger partial charge in [-0.3, -0.25) is 0 Å². The number of hydrogen-bond donors (Lipinski definition) is 2. The highest BCUT2D eigenvalue weighted by molar-refractivity contribution is 7.90. The number of nitrogens with one attached hydrogen (secondary N) is 1. The maximum Gasteiger partial charge on any atom is 0.136 e. The van der Waals surface area contributed by atoms with E-state index in [9.17, 15) is 9.66 Å². The van der Waals surface area contributed by atoms with Crippen LogP contribution in [0.2, 0.25) is 5.02 Å². The van der Waals surface area contributed by atoms with Crippen molar-refractivity contribution >= 4 is 23.0 Å². The molecule has 2 N–H and O–H groups in total. The van der Waals surface area contributed by atoms with Crippen molar-refractivity contribution < 1.29 is 9.66 Å². The average Bonchev–Trinajstić information content (AvgIpc) is 2.28. The highest BCUT2D eigenvalue weighted by Gasteiger charge is 2.36. The van der Waals surface area contributed by atoms with Gasteiger partial charge < -0.3 is 9.66 Å². The van der Waals surface area contributed by atoms with Gasteiger partial charge in [0, 0.05) is 16.4 Å². The molecule has 1 aromatic carbocycles. The van der Waals surface area contributed by atoms with Crippen LogP contribution in [0.3, 0.4) is 0 Å². The first-order valence-corrected chi connectivity index (χ1v) is 7.28. The van der Waals surface area contributed by atoms with Crippen LogP contribution in [-0.2, 0) is 16.9 Å². The first-order chi connectivity index (χ1) is 8.19. The van der Waals surface area contributed by atoms with E-state index in [-0.39, 0.29) is 11.4 Å². The third-order valence-corrected chi connectivity index (χ3v) is 4.67. The second kappa shape index (κ2) is 5.80. The lowest BCUT2D eigenvalue weighted by Crippen LogP contribution is -2.51. The van der Waals surface area contributed by atoms with Crippen molar-refractivity contribution in [3.63, 3.8) is 0 Å². The van der Waals surface area contributed by atoms with E-state index in [2.05, 4.69) is 4.72 Å². The fourth-order valence-corrected chi connectivity index (χ4v) is 2.38. The minimum Gasteiger partial charge on any atom is -0.598 e. The van der Waals surface area contributed by atoms with Gasteiger partial charge in [-0.15, -0.1) is 4.72 Å². The van der Waals surface area contributed by atoms with Gasteiger partial charge in [0.1, 0.15) is 10.3 Å². The summed E-state index contributed by atoms with van der Waals surface area (Å²) in [5.41, 5.74) is 0.106. The first-order valence-electron chi connectivity index (χ1n) is 5.76. The quantitative estimate of drug-likeness (QED) is 0.838. The van der Waals surface area contributed by atoms with Gasteiger partial charge in [-0.1, -0.05) is 23.7 Å². The number of benzene rings is 1. The van der Waals surface area contributed by atoms with Crippen molar-refractivity contribution in [1.29, 1.82) is 0 Å². The molecule has 0 heterocycles. The minimum absolute atomic E-state index is 0.142. The van der Waals surface area contributed by atoms with Crippen molar-refractivity contribution in [2.45, 2.75) is 38.0 Å². The molecule has 5 heteroatoms. The van der Waals surface area contributed by atoms with E-state index in [4.69, 9.17) is 11.6 Å². The molecule has 1 aromatic rings. The molecule has 0 aliphatic heterocycles. The zero-order valence-corrected chi connectivity index (χ0v) is 12.7. The van der Waals surface area contributed by atoms with E-state index in [1.54, 1.807) is 12.1 Å². The fraction of sp³-hybridized carbons (Fsp3) is 0.538. The summed E-state index contributed by atoms with van der Waals surface area (Å²) >= 11 is 4.58. The van der Waals surface area contributed by atoms with Crippen molar-refractivity contribution in [2.24, 2.45) is 0 Å². The predicted octanol–water partition coefficient (Wildman–Crippen LogP) is 2.60. The van der Waals surface area contributed by atoms with Crippen molar-refractivity contribution in [3.05, 3.63) is 34.9 Å². The number of hydrogen-bond acceptors (Lipinski definition) is 3. The molecule has 18 heavy (non-hydrogen) atoms. The van der Waals surface area contributed by atoms with Gasteiger partial charge >= 0.3 is 0 Å². The van der Waals surface area contributed by atoms with E-state index < -0.39 is 16.9 Å². The lowest BCUT2D eigenvalue weighted by molar-refractivity contribution is 0.195. The summed E-state index contributed by atoms with van der Waals surface area (Å²) in [5.74, 6) is 0. The predicted molar refractivity (Wildman–Crippen MR) is 76.9 cm³/mol. The lowest BCUT2D eigenvalue weighted by Gasteiger charge is -2.34. The van der Waals surface area contributed by atoms with Gasteiger partial charge in [-0.05, 0) is 45.4 Å². The molecule has 0 aliphatic rings. The highest BCUT2D eigenvalue weighted by atomic mass is 35.5. The van der Waals surface area contributed by atoms with Crippen molar-refractivity contribution in [2.75, 3.05) is 6.61 Å². The second-order valence-corrected chi connectivity index (χ2v) is 7.88. The van der Waals surface area contributed by atoms with Gasteiger partial charge in [0.05, 0.1) is 6.61 Å². The van der Waals surface area contributed by atoms with Crippen LogP contribution in [0.4, 0.5) is 0 Å². The molecule has 0 fully saturated rings. The molecule has 0 spiro atoms. The van der Waals surface area contributed by atoms with Crippen LogP contribution < -0.4 is 4.72 Å². The van der Waals surface area contributed by atoms with Crippen LogP contribution >= 0.6 is 11.6 Å². The molecular formula is C13H20ClNO2S. The molecule has 102 valence electrons. The van der Waals surface area contributed by atoms with Crippen molar-refractivity contribution in [3.8, 4) is 0 Å². The zero-order valence-electron chi connectivity index (χ0n) is 11.2. The summed E-state index contributed by atoms with van der Waals surface area (Å²) in [7, 11) is 0. The Balaban J connectivity index is 2.95. The van der Waals surface area contributed by atoms with E-state index in [0.717, 1.165) is 5.56 Å². The minimum atomic E-state index is -1.26. The topological polar surface area (TPSA) is 55.3 Å². The number of aliphatic hydroxyl groups is 1. The highest BCUT2D eigenvalue weighted by Crippen LogP contribution is 2.26. The lowest BCUT2D eigenvalue weighted by atomic mass is 9.94. The molecule has 0 amide bonds. The van der Waals surface area contributed by atoms with E-state index in [0.29, 0.717) is 5.02 Å². The largest absolute Gasteiger partial charge is 0.598 e. The molecule has 0 aromatic heterocycles. The van der Waals surface area contributed by atoms with Crippen molar-refractivity contribution in [1.82, 2.24) is 4.72 Å². The number of rotatable bonds is 4.